The van der Waals surface area contributed by atoms with E-state index in [2.05, 4.69) is 10.5 Å². The normalized spacial score (nSPS) is 14.6. The average molecular weight is 329 g/mol. The van der Waals surface area contributed by atoms with Crippen LogP contribution in [0.4, 0.5) is 10.5 Å². The number of carbonyl (C=O) groups is 1. The third-order valence-corrected chi connectivity index (χ3v) is 4.13. The van der Waals surface area contributed by atoms with Crippen LogP contribution in [0, 0.1) is 6.92 Å². The molecule has 2 aromatic rings. The van der Waals surface area contributed by atoms with E-state index in [9.17, 15) is 4.79 Å². The monoisotopic (exact) mass is 329 g/mol. The summed E-state index contributed by atoms with van der Waals surface area (Å²) in [7, 11) is 1.72. The first-order valence-corrected chi connectivity index (χ1v) is 8.31. The van der Waals surface area contributed by atoms with Gasteiger partial charge in [-0.05, 0) is 56.9 Å². The molecule has 24 heavy (non-hydrogen) atoms. The molecule has 128 valence electrons. The number of nitrogens with zero attached hydrogens (tertiary/aromatic N) is 2. The molecule has 3 rings (SSSR count). The van der Waals surface area contributed by atoms with Crippen LogP contribution in [0.3, 0.4) is 0 Å². The number of aryl methyl sites for hydroxylation is 1. The Morgan fingerprint density at radius 1 is 1.33 bits per heavy atom. The molecule has 0 saturated heterocycles. The summed E-state index contributed by atoms with van der Waals surface area (Å²) in [6.07, 6.45) is 5.09. The Morgan fingerprint density at radius 3 is 2.67 bits per heavy atom. The fourth-order valence-corrected chi connectivity index (χ4v) is 2.84. The summed E-state index contributed by atoms with van der Waals surface area (Å²) in [5.74, 6) is 1.59. The van der Waals surface area contributed by atoms with Gasteiger partial charge in [0.1, 0.15) is 17.2 Å². The maximum Gasteiger partial charge on any atom is 0.321 e. The lowest BCUT2D eigenvalue weighted by atomic mass is 10.2. The van der Waals surface area contributed by atoms with Crippen LogP contribution >= 0.6 is 0 Å². The number of urea groups is 1. The van der Waals surface area contributed by atoms with Gasteiger partial charge in [-0.1, -0.05) is 5.16 Å². The molecule has 0 spiro atoms. The SMILES string of the molecule is Cc1cc(CN(C)C(=O)Nc2ccc(OC3CCCC3)cc2)no1. The molecule has 0 radical (unpaired) electrons. The zero-order valence-electron chi connectivity index (χ0n) is 14.1. The van der Waals surface area contributed by atoms with E-state index in [4.69, 9.17) is 9.26 Å². The molecule has 1 saturated carbocycles. The van der Waals surface area contributed by atoms with E-state index in [0.29, 0.717) is 12.6 Å². The highest BCUT2D eigenvalue weighted by molar-refractivity contribution is 5.89. The van der Waals surface area contributed by atoms with Gasteiger partial charge in [-0.3, -0.25) is 0 Å². The molecule has 1 heterocycles. The van der Waals surface area contributed by atoms with Gasteiger partial charge in [0, 0.05) is 18.8 Å². The maximum absolute atomic E-state index is 12.2. The largest absolute Gasteiger partial charge is 0.490 e. The van der Waals surface area contributed by atoms with Crippen molar-refractivity contribution in [2.24, 2.45) is 0 Å². The fraction of sp³-hybridized carbons (Fsp3) is 0.444. The first-order chi connectivity index (χ1) is 11.6. The second kappa shape index (κ2) is 7.38. The molecule has 0 atom stereocenters. The van der Waals surface area contributed by atoms with Crippen molar-refractivity contribution in [2.45, 2.75) is 45.3 Å². The summed E-state index contributed by atoms with van der Waals surface area (Å²) in [5, 5.41) is 6.75. The Labute approximate surface area is 141 Å². The van der Waals surface area contributed by atoms with Crippen LogP contribution in [-0.2, 0) is 6.54 Å². The molecule has 1 N–H and O–H groups in total. The smallest absolute Gasteiger partial charge is 0.321 e. The topological polar surface area (TPSA) is 67.6 Å². The third-order valence-electron chi connectivity index (χ3n) is 4.13. The number of anilines is 1. The highest BCUT2D eigenvalue weighted by Gasteiger charge is 2.16. The van der Waals surface area contributed by atoms with Crippen LogP contribution < -0.4 is 10.1 Å². The Kier molecular flexibility index (Phi) is 5.03. The molecule has 1 aliphatic rings. The minimum atomic E-state index is -0.194. The van der Waals surface area contributed by atoms with Crippen LogP contribution in [0.2, 0.25) is 0 Å². The molecule has 1 aliphatic carbocycles. The van der Waals surface area contributed by atoms with Crippen molar-refractivity contribution in [3.05, 3.63) is 41.8 Å². The zero-order valence-corrected chi connectivity index (χ0v) is 14.1. The summed E-state index contributed by atoms with van der Waals surface area (Å²) in [6, 6.07) is 9.13. The van der Waals surface area contributed by atoms with Crippen LogP contribution in [0.5, 0.6) is 5.75 Å². The molecule has 0 aliphatic heterocycles. The number of ether oxygens (including phenoxy) is 1. The molecule has 2 amide bonds. The maximum atomic E-state index is 12.2. The van der Waals surface area contributed by atoms with E-state index in [1.807, 2.05) is 37.3 Å². The molecule has 0 unspecified atom stereocenters. The highest BCUT2D eigenvalue weighted by atomic mass is 16.5. The molecule has 6 heteroatoms. The number of carbonyl (C=O) groups excluding carboxylic acids is 1. The van der Waals surface area contributed by atoms with Gasteiger partial charge in [-0.15, -0.1) is 0 Å². The highest BCUT2D eigenvalue weighted by Crippen LogP contribution is 2.25. The minimum Gasteiger partial charge on any atom is -0.490 e. The quantitative estimate of drug-likeness (QED) is 0.901. The second-order valence-electron chi connectivity index (χ2n) is 6.26. The Hall–Kier alpha value is -2.50. The Balaban J connectivity index is 1.51. The number of hydrogen-bond acceptors (Lipinski definition) is 4. The van der Waals surface area contributed by atoms with E-state index in [1.165, 1.54) is 12.8 Å². The zero-order chi connectivity index (χ0) is 16.9. The van der Waals surface area contributed by atoms with Crippen molar-refractivity contribution >= 4 is 11.7 Å². The lowest BCUT2D eigenvalue weighted by Crippen LogP contribution is -2.30. The lowest BCUT2D eigenvalue weighted by molar-refractivity contribution is 0.210. The average Bonchev–Trinajstić information content (AvgIpc) is 3.21. The van der Waals surface area contributed by atoms with E-state index in [-0.39, 0.29) is 6.03 Å². The molecule has 6 nitrogen and oxygen atoms in total. The standard InChI is InChI=1S/C18H23N3O3/c1-13-11-15(20-24-13)12-21(2)18(22)19-14-7-9-17(10-8-14)23-16-5-3-4-6-16/h7-11,16H,3-6,12H2,1-2H3,(H,19,22). The summed E-state index contributed by atoms with van der Waals surface area (Å²) in [5.41, 5.74) is 1.47. The van der Waals surface area contributed by atoms with Gasteiger partial charge in [-0.2, -0.15) is 0 Å². The van der Waals surface area contributed by atoms with E-state index < -0.39 is 0 Å². The predicted molar refractivity (Wildman–Crippen MR) is 91.1 cm³/mol. The van der Waals surface area contributed by atoms with Crippen molar-refractivity contribution in [1.82, 2.24) is 10.1 Å². The minimum absolute atomic E-state index is 0.194. The van der Waals surface area contributed by atoms with Gasteiger partial charge >= 0.3 is 6.03 Å². The number of amides is 2. The lowest BCUT2D eigenvalue weighted by Gasteiger charge is -2.17. The number of benzene rings is 1. The summed E-state index contributed by atoms with van der Waals surface area (Å²) < 4.78 is 10.9. The van der Waals surface area contributed by atoms with Gasteiger partial charge in [0.2, 0.25) is 0 Å². The first-order valence-electron chi connectivity index (χ1n) is 8.31. The number of rotatable bonds is 5. The second-order valence-corrected chi connectivity index (χ2v) is 6.26. The van der Waals surface area contributed by atoms with Crippen molar-refractivity contribution < 1.29 is 14.1 Å². The third kappa shape index (κ3) is 4.28. The van der Waals surface area contributed by atoms with Gasteiger partial charge in [0.25, 0.3) is 0 Å². The van der Waals surface area contributed by atoms with Gasteiger partial charge in [0.15, 0.2) is 0 Å². The van der Waals surface area contributed by atoms with E-state index in [0.717, 1.165) is 35.7 Å². The van der Waals surface area contributed by atoms with Gasteiger partial charge in [-0.25, -0.2) is 4.79 Å². The van der Waals surface area contributed by atoms with Crippen molar-refractivity contribution in [1.29, 1.82) is 0 Å². The number of aromatic nitrogens is 1. The van der Waals surface area contributed by atoms with Crippen molar-refractivity contribution in [2.75, 3.05) is 12.4 Å². The van der Waals surface area contributed by atoms with Crippen molar-refractivity contribution in [3.63, 3.8) is 0 Å². The molecule has 1 fully saturated rings. The van der Waals surface area contributed by atoms with E-state index >= 15 is 0 Å². The molecule has 1 aromatic heterocycles. The number of hydrogen-bond donors (Lipinski definition) is 1. The fourth-order valence-electron chi connectivity index (χ4n) is 2.84. The Bertz CT molecular complexity index is 675. The van der Waals surface area contributed by atoms with Crippen LogP contribution in [0.15, 0.2) is 34.9 Å². The first kappa shape index (κ1) is 16.4. The molecular weight excluding hydrogens is 306 g/mol. The van der Waals surface area contributed by atoms with Gasteiger partial charge in [0.05, 0.1) is 12.6 Å². The Morgan fingerprint density at radius 2 is 2.04 bits per heavy atom. The van der Waals surface area contributed by atoms with Crippen molar-refractivity contribution in [3.8, 4) is 5.75 Å². The van der Waals surface area contributed by atoms with Crippen LogP contribution in [-0.4, -0.2) is 29.2 Å². The number of nitrogens with one attached hydrogen (secondary N) is 1. The summed E-state index contributed by atoms with van der Waals surface area (Å²) in [6.45, 7) is 2.22. The summed E-state index contributed by atoms with van der Waals surface area (Å²) in [4.78, 5) is 13.8. The van der Waals surface area contributed by atoms with Crippen LogP contribution in [0.1, 0.15) is 37.1 Å². The molecule has 0 bridgehead atoms. The van der Waals surface area contributed by atoms with Gasteiger partial charge < -0.3 is 19.5 Å². The predicted octanol–water partition coefficient (Wildman–Crippen LogP) is 3.97. The van der Waals surface area contributed by atoms with Crippen LogP contribution in [0.25, 0.3) is 0 Å². The molecular formula is C18H23N3O3. The van der Waals surface area contributed by atoms with E-state index in [1.54, 1.807) is 11.9 Å². The molecule has 1 aromatic carbocycles. The summed E-state index contributed by atoms with van der Waals surface area (Å²) >= 11 is 0.